The third-order valence-corrected chi connectivity index (χ3v) is 2.71. The van der Waals surface area contributed by atoms with Crippen LogP contribution in [0.4, 0.5) is 0 Å². The second-order valence-electron chi connectivity index (χ2n) is 3.51. The van der Waals surface area contributed by atoms with Gasteiger partial charge in [-0.1, -0.05) is 6.42 Å². The van der Waals surface area contributed by atoms with E-state index in [1.165, 1.54) is 6.42 Å². The maximum atomic E-state index is 9.09. The summed E-state index contributed by atoms with van der Waals surface area (Å²) in [5, 5.41) is 18.2. The first kappa shape index (κ1) is 8.72. The standard InChI is InChI=1S/C9H12BNO2/c12-10(13)9-6-11-5-4-8(9)7-2-1-3-7/h4-7,12-13H,1-3H2. The molecule has 0 aromatic carbocycles. The van der Waals surface area contributed by atoms with Crippen LogP contribution in [0.1, 0.15) is 30.7 Å². The van der Waals surface area contributed by atoms with Gasteiger partial charge in [-0.2, -0.15) is 0 Å². The van der Waals surface area contributed by atoms with Crippen LogP contribution in [-0.4, -0.2) is 22.2 Å². The Bertz CT molecular complexity index is 299. The van der Waals surface area contributed by atoms with Gasteiger partial charge in [0, 0.05) is 17.9 Å². The topological polar surface area (TPSA) is 53.4 Å². The largest absolute Gasteiger partial charge is 0.490 e. The van der Waals surface area contributed by atoms with Crippen LogP contribution in [-0.2, 0) is 0 Å². The molecule has 2 rings (SSSR count). The van der Waals surface area contributed by atoms with Crippen LogP contribution < -0.4 is 5.46 Å². The van der Waals surface area contributed by atoms with Crippen LogP contribution >= 0.6 is 0 Å². The summed E-state index contributed by atoms with van der Waals surface area (Å²) in [6.45, 7) is 0. The van der Waals surface area contributed by atoms with Gasteiger partial charge in [-0.15, -0.1) is 0 Å². The van der Waals surface area contributed by atoms with Crippen LogP contribution in [0.3, 0.4) is 0 Å². The van der Waals surface area contributed by atoms with Gasteiger partial charge >= 0.3 is 7.12 Å². The highest BCUT2D eigenvalue weighted by Gasteiger charge is 2.25. The fourth-order valence-corrected chi connectivity index (χ4v) is 1.72. The summed E-state index contributed by atoms with van der Waals surface area (Å²) in [6.07, 6.45) is 6.80. The zero-order valence-corrected chi connectivity index (χ0v) is 7.35. The Kier molecular flexibility index (Phi) is 2.33. The van der Waals surface area contributed by atoms with E-state index in [0.717, 1.165) is 18.4 Å². The van der Waals surface area contributed by atoms with Crippen LogP contribution in [0.2, 0.25) is 0 Å². The summed E-state index contributed by atoms with van der Waals surface area (Å²) < 4.78 is 0. The van der Waals surface area contributed by atoms with Crippen molar-refractivity contribution in [3.63, 3.8) is 0 Å². The third kappa shape index (κ3) is 1.60. The first-order valence-corrected chi connectivity index (χ1v) is 4.59. The molecule has 0 atom stereocenters. The maximum Gasteiger partial charge on any atom is 0.490 e. The molecule has 0 saturated heterocycles. The molecule has 0 amide bonds. The Hall–Kier alpha value is -0.865. The molecule has 1 aliphatic carbocycles. The Balaban J connectivity index is 2.31. The van der Waals surface area contributed by atoms with Gasteiger partial charge in [-0.3, -0.25) is 4.98 Å². The van der Waals surface area contributed by atoms with Gasteiger partial charge in [0.05, 0.1) is 0 Å². The van der Waals surface area contributed by atoms with E-state index < -0.39 is 7.12 Å². The highest BCUT2D eigenvalue weighted by atomic mass is 16.4. The zero-order valence-electron chi connectivity index (χ0n) is 7.35. The molecule has 0 spiro atoms. The molecule has 13 heavy (non-hydrogen) atoms. The zero-order chi connectivity index (χ0) is 9.26. The minimum Gasteiger partial charge on any atom is -0.423 e. The number of hydrogen-bond donors (Lipinski definition) is 2. The first-order chi connectivity index (χ1) is 6.29. The van der Waals surface area contributed by atoms with E-state index in [4.69, 9.17) is 10.0 Å². The molecule has 68 valence electrons. The fraction of sp³-hybridized carbons (Fsp3) is 0.444. The van der Waals surface area contributed by atoms with Crippen molar-refractivity contribution < 1.29 is 10.0 Å². The minimum atomic E-state index is -1.38. The number of rotatable bonds is 2. The molecule has 4 heteroatoms. The highest BCUT2D eigenvalue weighted by Crippen LogP contribution is 2.35. The normalized spacial score (nSPS) is 16.8. The maximum absolute atomic E-state index is 9.09. The molecule has 0 unspecified atom stereocenters. The first-order valence-electron chi connectivity index (χ1n) is 4.59. The summed E-state index contributed by atoms with van der Waals surface area (Å²) in [5.74, 6) is 0.514. The van der Waals surface area contributed by atoms with Crippen LogP contribution in [0.5, 0.6) is 0 Å². The van der Waals surface area contributed by atoms with Crippen LogP contribution in [0.15, 0.2) is 18.5 Å². The molecule has 1 aromatic rings. The number of hydrogen-bond acceptors (Lipinski definition) is 3. The van der Waals surface area contributed by atoms with Gasteiger partial charge in [0.15, 0.2) is 0 Å². The van der Waals surface area contributed by atoms with Gasteiger partial charge < -0.3 is 10.0 Å². The lowest BCUT2D eigenvalue weighted by atomic mass is 9.70. The molecule has 3 nitrogen and oxygen atoms in total. The van der Waals surface area contributed by atoms with Crippen molar-refractivity contribution >= 4 is 12.6 Å². The minimum absolute atomic E-state index is 0.514. The fourth-order valence-electron chi connectivity index (χ4n) is 1.72. The SMILES string of the molecule is OB(O)c1cnccc1C1CCC1. The number of aromatic nitrogens is 1. The van der Waals surface area contributed by atoms with Crippen molar-refractivity contribution in [3.8, 4) is 0 Å². The quantitative estimate of drug-likeness (QED) is 0.626. The van der Waals surface area contributed by atoms with Gasteiger partial charge in [0.1, 0.15) is 0 Å². The molecule has 0 radical (unpaired) electrons. The molecule has 1 saturated carbocycles. The Morgan fingerprint density at radius 2 is 2.15 bits per heavy atom. The van der Waals surface area contributed by atoms with E-state index in [1.807, 2.05) is 6.07 Å². The molecular weight excluding hydrogens is 165 g/mol. The van der Waals surface area contributed by atoms with E-state index in [0.29, 0.717) is 11.4 Å². The Morgan fingerprint density at radius 1 is 1.38 bits per heavy atom. The van der Waals surface area contributed by atoms with E-state index >= 15 is 0 Å². The third-order valence-electron chi connectivity index (χ3n) is 2.71. The van der Waals surface area contributed by atoms with Crippen molar-refractivity contribution in [2.45, 2.75) is 25.2 Å². The average Bonchev–Trinajstić information content (AvgIpc) is 2.02. The number of pyridine rings is 1. The van der Waals surface area contributed by atoms with Gasteiger partial charge in [-0.25, -0.2) is 0 Å². The van der Waals surface area contributed by atoms with Crippen molar-refractivity contribution in [2.24, 2.45) is 0 Å². The Morgan fingerprint density at radius 3 is 2.69 bits per heavy atom. The molecule has 1 aliphatic rings. The lowest BCUT2D eigenvalue weighted by Crippen LogP contribution is -2.35. The second kappa shape index (κ2) is 3.48. The predicted molar refractivity (Wildman–Crippen MR) is 50.7 cm³/mol. The van der Waals surface area contributed by atoms with Crippen molar-refractivity contribution in [2.75, 3.05) is 0 Å². The molecule has 0 aliphatic heterocycles. The summed E-state index contributed by atoms with van der Waals surface area (Å²) in [5.41, 5.74) is 1.61. The van der Waals surface area contributed by atoms with Gasteiger partial charge in [0.25, 0.3) is 0 Å². The van der Waals surface area contributed by atoms with Gasteiger partial charge in [-0.05, 0) is 30.4 Å². The smallest absolute Gasteiger partial charge is 0.423 e. The van der Waals surface area contributed by atoms with Gasteiger partial charge in [0.2, 0.25) is 0 Å². The second-order valence-corrected chi connectivity index (χ2v) is 3.51. The summed E-state index contributed by atoms with van der Waals surface area (Å²) in [7, 11) is -1.38. The molecule has 2 N–H and O–H groups in total. The lowest BCUT2D eigenvalue weighted by molar-refractivity contribution is 0.410. The number of nitrogens with zero attached hydrogens (tertiary/aromatic N) is 1. The predicted octanol–water partition coefficient (Wildman–Crippen LogP) is 0.0289. The van der Waals surface area contributed by atoms with Crippen LogP contribution in [0.25, 0.3) is 0 Å². The monoisotopic (exact) mass is 177 g/mol. The highest BCUT2D eigenvalue weighted by molar-refractivity contribution is 6.59. The van der Waals surface area contributed by atoms with E-state index in [1.54, 1.807) is 12.4 Å². The summed E-state index contributed by atoms with van der Waals surface area (Å²) in [4.78, 5) is 3.89. The van der Waals surface area contributed by atoms with Crippen molar-refractivity contribution in [1.82, 2.24) is 4.98 Å². The van der Waals surface area contributed by atoms with Crippen molar-refractivity contribution in [3.05, 3.63) is 24.0 Å². The van der Waals surface area contributed by atoms with Crippen LogP contribution in [0, 0.1) is 0 Å². The molecule has 1 fully saturated rings. The summed E-state index contributed by atoms with van der Waals surface area (Å²) >= 11 is 0. The lowest BCUT2D eigenvalue weighted by Gasteiger charge is -2.27. The molecule has 0 bridgehead atoms. The molecular formula is C9H12BNO2. The van der Waals surface area contributed by atoms with E-state index in [2.05, 4.69) is 4.98 Å². The molecule has 1 aromatic heterocycles. The Labute approximate surface area is 77.6 Å². The summed E-state index contributed by atoms with van der Waals surface area (Å²) in [6, 6.07) is 1.89. The van der Waals surface area contributed by atoms with E-state index in [-0.39, 0.29) is 0 Å². The van der Waals surface area contributed by atoms with E-state index in [9.17, 15) is 0 Å². The van der Waals surface area contributed by atoms with Crippen molar-refractivity contribution in [1.29, 1.82) is 0 Å². The molecule has 1 heterocycles. The average molecular weight is 177 g/mol.